The highest BCUT2D eigenvalue weighted by molar-refractivity contribution is 7.14. The summed E-state index contributed by atoms with van der Waals surface area (Å²) >= 11 is 13.5. The second-order valence-corrected chi connectivity index (χ2v) is 8.42. The number of hydrogen-bond donors (Lipinski definition) is 2. The molecule has 0 saturated carbocycles. The van der Waals surface area contributed by atoms with Crippen LogP contribution >= 0.6 is 34.5 Å². The van der Waals surface area contributed by atoms with Gasteiger partial charge < -0.3 is 15.5 Å². The zero-order valence-electron chi connectivity index (χ0n) is 15.8. The van der Waals surface area contributed by atoms with Crippen LogP contribution in [0.3, 0.4) is 0 Å². The number of nitrogens with zero attached hydrogens (tertiary/aromatic N) is 2. The Labute approximate surface area is 187 Å². The minimum Gasteiger partial charge on any atom is -0.330 e. The minimum atomic E-state index is -0.516. The summed E-state index contributed by atoms with van der Waals surface area (Å²) in [6.45, 7) is 0.520. The first-order valence-corrected chi connectivity index (χ1v) is 11.0. The molecule has 0 unspecified atom stereocenters. The van der Waals surface area contributed by atoms with E-state index in [4.69, 9.17) is 23.2 Å². The Bertz CT molecular complexity index is 1070. The van der Waals surface area contributed by atoms with Gasteiger partial charge in [0.2, 0.25) is 5.91 Å². The fourth-order valence-corrected chi connectivity index (χ4v) is 4.37. The zero-order chi connectivity index (χ0) is 21.1. The molecule has 0 radical (unpaired) electrons. The molecule has 1 aromatic heterocycles. The number of amides is 2. The van der Waals surface area contributed by atoms with Crippen LogP contribution in [0.2, 0.25) is 10.0 Å². The number of likely N-dealkylation sites (tertiary alicyclic amines) is 1. The number of halogens is 2. The molecule has 9 heteroatoms. The fourth-order valence-electron chi connectivity index (χ4n) is 3.32. The van der Waals surface area contributed by atoms with Crippen LogP contribution in [0, 0.1) is 0 Å². The number of benzene rings is 2. The summed E-state index contributed by atoms with van der Waals surface area (Å²) in [5.41, 5.74) is 1.61. The zero-order valence-corrected chi connectivity index (χ0v) is 18.1. The lowest BCUT2D eigenvalue weighted by atomic mass is 10.2. The summed E-state index contributed by atoms with van der Waals surface area (Å²) in [5, 5.41) is 8.98. The van der Waals surface area contributed by atoms with Crippen LogP contribution in [0.15, 0.2) is 53.9 Å². The van der Waals surface area contributed by atoms with Crippen LogP contribution in [0.1, 0.15) is 23.3 Å². The van der Waals surface area contributed by atoms with Crippen molar-refractivity contribution >= 4 is 62.9 Å². The van der Waals surface area contributed by atoms with Gasteiger partial charge in [0.05, 0.1) is 15.7 Å². The largest absolute Gasteiger partial charge is 0.330 e. The first kappa shape index (κ1) is 20.7. The Balaban J connectivity index is 1.46. The Kier molecular flexibility index (Phi) is 6.22. The monoisotopic (exact) mass is 460 g/mol. The van der Waals surface area contributed by atoms with E-state index in [1.165, 1.54) is 11.3 Å². The molecule has 154 valence electrons. The topological polar surface area (TPSA) is 74.3 Å². The van der Waals surface area contributed by atoms with Gasteiger partial charge in [-0.25, -0.2) is 4.98 Å². The summed E-state index contributed by atoms with van der Waals surface area (Å²) < 4.78 is 0. The smallest absolute Gasteiger partial charge is 0.274 e. The number of para-hydroxylation sites is 1. The van der Waals surface area contributed by atoms with E-state index in [0.717, 1.165) is 6.42 Å². The fraction of sp³-hybridized carbons (Fsp3) is 0.190. The van der Waals surface area contributed by atoms with E-state index in [-0.39, 0.29) is 11.8 Å². The first-order chi connectivity index (χ1) is 14.5. The predicted octanol–water partition coefficient (Wildman–Crippen LogP) is 5.44. The Hall–Kier alpha value is -2.61. The van der Waals surface area contributed by atoms with E-state index in [0.29, 0.717) is 45.2 Å². The van der Waals surface area contributed by atoms with Crippen LogP contribution in [0.5, 0.6) is 0 Å². The maximum atomic E-state index is 13.0. The van der Waals surface area contributed by atoms with Gasteiger partial charge >= 0.3 is 0 Å². The third kappa shape index (κ3) is 4.43. The van der Waals surface area contributed by atoms with Crippen LogP contribution in [-0.4, -0.2) is 34.3 Å². The Morgan fingerprint density at radius 3 is 2.70 bits per heavy atom. The molecule has 6 nitrogen and oxygen atoms in total. The normalized spacial score (nSPS) is 15.8. The molecule has 0 aliphatic carbocycles. The Morgan fingerprint density at radius 2 is 1.90 bits per heavy atom. The van der Waals surface area contributed by atoms with Gasteiger partial charge in [0, 0.05) is 17.6 Å². The quantitative estimate of drug-likeness (QED) is 0.531. The molecule has 2 amide bonds. The molecule has 30 heavy (non-hydrogen) atoms. The maximum absolute atomic E-state index is 13.0. The van der Waals surface area contributed by atoms with E-state index in [1.54, 1.807) is 28.5 Å². The third-order valence-corrected chi connectivity index (χ3v) is 6.35. The number of hydrogen-bond acceptors (Lipinski definition) is 5. The lowest BCUT2D eigenvalue weighted by molar-refractivity contribution is -0.119. The first-order valence-electron chi connectivity index (χ1n) is 9.36. The van der Waals surface area contributed by atoms with Gasteiger partial charge in [0.25, 0.3) is 5.91 Å². The predicted molar refractivity (Wildman–Crippen MR) is 121 cm³/mol. The lowest BCUT2D eigenvalue weighted by Crippen LogP contribution is -2.43. The molecule has 1 aliphatic rings. The van der Waals surface area contributed by atoms with Gasteiger partial charge in [-0.1, -0.05) is 47.5 Å². The van der Waals surface area contributed by atoms with E-state index in [9.17, 15) is 9.59 Å². The highest BCUT2D eigenvalue weighted by Gasteiger charge is 2.35. The van der Waals surface area contributed by atoms with Crippen molar-refractivity contribution < 1.29 is 9.59 Å². The highest BCUT2D eigenvalue weighted by atomic mass is 35.5. The molecule has 2 heterocycles. The molecule has 4 rings (SSSR count). The molecule has 3 aromatic rings. The maximum Gasteiger partial charge on any atom is 0.274 e. The summed E-state index contributed by atoms with van der Waals surface area (Å²) in [6.07, 6.45) is 1.39. The minimum absolute atomic E-state index is 0.189. The third-order valence-electron chi connectivity index (χ3n) is 4.77. The molecule has 1 fully saturated rings. The second-order valence-electron chi connectivity index (χ2n) is 6.78. The van der Waals surface area contributed by atoms with Gasteiger partial charge in [-0.3, -0.25) is 9.59 Å². The van der Waals surface area contributed by atoms with Crippen molar-refractivity contribution in [2.75, 3.05) is 17.2 Å². The number of anilines is 3. The number of rotatable bonds is 5. The van der Waals surface area contributed by atoms with E-state index in [2.05, 4.69) is 15.6 Å². The van der Waals surface area contributed by atoms with Crippen molar-refractivity contribution in [1.29, 1.82) is 0 Å². The highest BCUT2D eigenvalue weighted by Crippen LogP contribution is 2.33. The molecule has 2 aromatic carbocycles. The van der Waals surface area contributed by atoms with Gasteiger partial charge in [0.15, 0.2) is 5.13 Å². The van der Waals surface area contributed by atoms with Crippen molar-refractivity contribution in [3.05, 3.63) is 69.7 Å². The number of aromatic nitrogens is 1. The molecule has 0 bridgehead atoms. The average Bonchev–Trinajstić information content (AvgIpc) is 3.42. The molecule has 1 atom stereocenters. The summed E-state index contributed by atoms with van der Waals surface area (Å²) in [7, 11) is 0. The van der Waals surface area contributed by atoms with Crippen LogP contribution in [-0.2, 0) is 4.79 Å². The molecular formula is C21H18Cl2N4O2S. The number of thiazole rings is 1. The van der Waals surface area contributed by atoms with Gasteiger partial charge in [-0.2, -0.15) is 0 Å². The van der Waals surface area contributed by atoms with E-state index in [1.807, 2.05) is 30.3 Å². The molecular weight excluding hydrogens is 443 g/mol. The molecule has 1 saturated heterocycles. The Morgan fingerprint density at radius 1 is 1.10 bits per heavy atom. The summed E-state index contributed by atoms with van der Waals surface area (Å²) in [6, 6.07) is 13.9. The average molecular weight is 461 g/mol. The van der Waals surface area contributed by atoms with Crippen LogP contribution in [0.4, 0.5) is 16.5 Å². The van der Waals surface area contributed by atoms with E-state index < -0.39 is 6.04 Å². The van der Waals surface area contributed by atoms with Crippen LogP contribution in [0.25, 0.3) is 0 Å². The van der Waals surface area contributed by atoms with Gasteiger partial charge in [0.1, 0.15) is 11.7 Å². The van der Waals surface area contributed by atoms with Crippen LogP contribution < -0.4 is 10.6 Å². The van der Waals surface area contributed by atoms with Crippen molar-refractivity contribution in [3.63, 3.8) is 0 Å². The standard InChI is InChI=1S/C21H18Cl2N4O2S/c22-14-8-4-9-15(18(14)23)25-21-26-16(12-30-21)20(29)27-11-5-10-17(27)19(28)24-13-6-2-1-3-7-13/h1-4,6-9,12,17H,5,10-11H2,(H,24,28)(H,25,26)/t17-/m1/s1. The van der Waals surface area contributed by atoms with E-state index >= 15 is 0 Å². The summed E-state index contributed by atoms with van der Waals surface area (Å²) in [4.78, 5) is 31.7. The summed E-state index contributed by atoms with van der Waals surface area (Å²) in [5.74, 6) is -0.450. The SMILES string of the molecule is O=C(Nc1ccccc1)[C@H]1CCCN1C(=O)c1csc(Nc2cccc(Cl)c2Cl)n1. The van der Waals surface area contributed by atoms with Gasteiger partial charge in [-0.15, -0.1) is 11.3 Å². The number of nitrogens with one attached hydrogen (secondary N) is 2. The second kappa shape index (κ2) is 9.04. The molecule has 0 spiro atoms. The molecule has 1 aliphatic heterocycles. The van der Waals surface area contributed by atoms with Crippen molar-refractivity contribution in [2.24, 2.45) is 0 Å². The van der Waals surface area contributed by atoms with Crippen molar-refractivity contribution in [1.82, 2.24) is 9.88 Å². The lowest BCUT2D eigenvalue weighted by Gasteiger charge is -2.23. The van der Waals surface area contributed by atoms with Crippen molar-refractivity contribution in [2.45, 2.75) is 18.9 Å². The van der Waals surface area contributed by atoms with Crippen molar-refractivity contribution in [3.8, 4) is 0 Å². The van der Waals surface area contributed by atoms with Gasteiger partial charge in [-0.05, 0) is 37.1 Å². The number of carbonyl (C=O) groups excluding carboxylic acids is 2. The number of carbonyl (C=O) groups is 2. The molecule has 2 N–H and O–H groups in total.